The fourth-order valence-electron chi connectivity index (χ4n) is 2.80. The zero-order chi connectivity index (χ0) is 9.97. The summed E-state index contributed by atoms with van der Waals surface area (Å²) in [6.45, 7) is 2.46. The highest BCUT2D eigenvalue weighted by Crippen LogP contribution is 2.19. The summed E-state index contributed by atoms with van der Waals surface area (Å²) in [6, 6.07) is 1.68. The monoisotopic (exact) mass is 197 g/mol. The third-order valence-corrected chi connectivity index (χ3v) is 3.64. The van der Waals surface area contributed by atoms with Crippen LogP contribution in [-0.4, -0.2) is 43.2 Å². The predicted octanol–water partition coefficient (Wildman–Crippen LogP) is 0.550. The number of piperidine rings is 1. The lowest BCUT2D eigenvalue weighted by atomic mass is 10.0. The Balaban J connectivity index is 1.78. The number of nitrogens with zero attached hydrogens (tertiary/aromatic N) is 1. The van der Waals surface area contributed by atoms with Gasteiger partial charge in [0.1, 0.15) is 0 Å². The molecule has 3 atom stereocenters. The average Bonchev–Trinajstić information content (AvgIpc) is 2.52. The lowest BCUT2D eigenvalue weighted by molar-refractivity contribution is 0.213. The van der Waals surface area contributed by atoms with Gasteiger partial charge in [-0.05, 0) is 39.3 Å². The van der Waals surface area contributed by atoms with Crippen molar-refractivity contribution < 1.29 is 0 Å². The molecule has 82 valence electrons. The number of rotatable bonds is 2. The zero-order valence-electron chi connectivity index (χ0n) is 9.21. The number of likely N-dealkylation sites (tertiary alicyclic amines) is 1. The maximum absolute atomic E-state index is 6.05. The third kappa shape index (κ3) is 2.47. The van der Waals surface area contributed by atoms with Crippen molar-refractivity contribution in [3.63, 3.8) is 0 Å². The first-order valence-corrected chi connectivity index (χ1v) is 5.96. The summed E-state index contributed by atoms with van der Waals surface area (Å²) in [4.78, 5) is 2.42. The van der Waals surface area contributed by atoms with Crippen LogP contribution >= 0.6 is 0 Å². The van der Waals surface area contributed by atoms with E-state index in [1.165, 1.54) is 45.2 Å². The average molecular weight is 197 g/mol. The van der Waals surface area contributed by atoms with Gasteiger partial charge in [0.2, 0.25) is 0 Å². The van der Waals surface area contributed by atoms with Crippen LogP contribution in [0.3, 0.4) is 0 Å². The normalized spacial score (nSPS) is 40.3. The number of likely N-dealkylation sites (N-methyl/N-ethyl adjacent to an activating group) is 1. The van der Waals surface area contributed by atoms with Gasteiger partial charge in [0.15, 0.2) is 0 Å². The molecule has 0 radical (unpaired) electrons. The minimum atomic E-state index is 0.405. The van der Waals surface area contributed by atoms with Gasteiger partial charge in [0.05, 0.1) is 0 Å². The molecule has 2 aliphatic rings. The van der Waals surface area contributed by atoms with Crippen molar-refractivity contribution in [1.29, 1.82) is 0 Å². The van der Waals surface area contributed by atoms with Crippen LogP contribution in [0.15, 0.2) is 0 Å². The van der Waals surface area contributed by atoms with Crippen LogP contribution < -0.4 is 11.1 Å². The summed E-state index contributed by atoms with van der Waals surface area (Å²) in [6.07, 6.45) is 6.45. The molecular weight excluding hydrogens is 174 g/mol. The van der Waals surface area contributed by atoms with E-state index in [4.69, 9.17) is 5.73 Å². The summed E-state index contributed by atoms with van der Waals surface area (Å²) < 4.78 is 0. The van der Waals surface area contributed by atoms with E-state index in [1.54, 1.807) is 0 Å². The first kappa shape index (κ1) is 10.4. The first-order chi connectivity index (χ1) is 6.75. The van der Waals surface area contributed by atoms with Crippen LogP contribution in [0.2, 0.25) is 0 Å². The molecule has 3 heteroatoms. The Morgan fingerprint density at radius 1 is 1.21 bits per heavy atom. The molecule has 14 heavy (non-hydrogen) atoms. The number of hydrogen-bond donors (Lipinski definition) is 2. The van der Waals surface area contributed by atoms with E-state index < -0.39 is 0 Å². The van der Waals surface area contributed by atoms with Crippen LogP contribution in [0.25, 0.3) is 0 Å². The number of nitrogens with one attached hydrogen (secondary N) is 1. The fourth-order valence-corrected chi connectivity index (χ4v) is 2.80. The summed E-state index contributed by atoms with van der Waals surface area (Å²) in [7, 11) is 2.21. The Morgan fingerprint density at radius 2 is 2.07 bits per heavy atom. The second kappa shape index (κ2) is 4.60. The van der Waals surface area contributed by atoms with Crippen molar-refractivity contribution in [2.75, 3.05) is 20.1 Å². The van der Waals surface area contributed by atoms with Crippen molar-refractivity contribution in [3.05, 3.63) is 0 Å². The summed E-state index contributed by atoms with van der Waals surface area (Å²) in [5, 5.41) is 3.73. The molecule has 0 aromatic rings. The topological polar surface area (TPSA) is 41.3 Å². The maximum atomic E-state index is 6.05. The Kier molecular flexibility index (Phi) is 3.42. The largest absolute Gasteiger partial charge is 0.326 e. The van der Waals surface area contributed by atoms with Crippen molar-refractivity contribution in [1.82, 2.24) is 10.2 Å². The molecule has 1 saturated heterocycles. The van der Waals surface area contributed by atoms with E-state index in [2.05, 4.69) is 17.3 Å². The van der Waals surface area contributed by atoms with E-state index in [0.29, 0.717) is 18.1 Å². The highest BCUT2D eigenvalue weighted by molar-refractivity contribution is 4.89. The molecule has 0 spiro atoms. The Labute approximate surface area is 87.0 Å². The van der Waals surface area contributed by atoms with Gasteiger partial charge in [0, 0.05) is 24.7 Å². The van der Waals surface area contributed by atoms with E-state index in [1.807, 2.05) is 0 Å². The number of nitrogens with two attached hydrogens (primary N) is 1. The predicted molar refractivity (Wildman–Crippen MR) is 59.3 cm³/mol. The molecule has 3 nitrogen and oxygen atoms in total. The molecular formula is C11H23N3. The van der Waals surface area contributed by atoms with Gasteiger partial charge >= 0.3 is 0 Å². The van der Waals surface area contributed by atoms with Gasteiger partial charge < -0.3 is 16.0 Å². The van der Waals surface area contributed by atoms with E-state index in [0.717, 1.165) is 0 Å². The summed E-state index contributed by atoms with van der Waals surface area (Å²) in [5.74, 6) is 0. The third-order valence-electron chi connectivity index (χ3n) is 3.64. The highest BCUT2D eigenvalue weighted by atomic mass is 15.1. The summed E-state index contributed by atoms with van der Waals surface area (Å²) in [5.41, 5.74) is 6.05. The highest BCUT2D eigenvalue weighted by Gasteiger charge is 2.27. The molecule has 0 aromatic carbocycles. The van der Waals surface area contributed by atoms with Crippen molar-refractivity contribution in [2.45, 2.75) is 50.2 Å². The van der Waals surface area contributed by atoms with Gasteiger partial charge in [-0.1, -0.05) is 6.42 Å². The minimum absolute atomic E-state index is 0.405. The summed E-state index contributed by atoms with van der Waals surface area (Å²) >= 11 is 0. The molecule has 1 aliphatic heterocycles. The quantitative estimate of drug-likeness (QED) is 0.679. The lowest BCUT2D eigenvalue weighted by Gasteiger charge is -2.33. The molecule has 1 heterocycles. The van der Waals surface area contributed by atoms with Crippen molar-refractivity contribution >= 4 is 0 Å². The van der Waals surface area contributed by atoms with E-state index in [-0.39, 0.29) is 0 Å². The molecule has 1 saturated carbocycles. The van der Waals surface area contributed by atoms with Crippen molar-refractivity contribution in [2.24, 2.45) is 5.73 Å². The van der Waals surface area contributed by atoms with Gasteiger partial charge in [0.25, 0.3) is 0 Å². The fraction of sp³-hybridized carbons (Fsp3) is 1.00. The lowest BCUT2D eigenvalue weighted by Crippen LogP contribution is -2.51. The van der Waals surface area contributed by atoms with Gasteiger partial charge in [-0.15, -0.1) is 0 Å². The van der Waals surface area contributed by atoms with E-state index >= 15 is 0 Å². The Morgan fingerprint density at radius 3 is 2.71 bits per heavy atom. The van der Waals surface area contributed by atoms with Gasteiger partial charge in [-0.25, -0.2) is 0 Å². The van der Waals surface area contributed by atoms with Crippen molar-refractivity contribution in [3.8, 4) is 0 Å². The molecule has 0 aromatic heterocycles. The SMILES string of the molecule is CN1CCCC(NC2CCCC2N)C1. The van der Waals surface area contributed by atoms with E-state index in [9.17, 15) is 0 Å². The molecule has 3 N–H and O–H groups in total. The molecule has 0 amide bonds. The van der Waals surface area contributed by atoms with Crippen LogP contribution in [0, 0.1) is 0 Å². The van der Waals surface area contributed by atoms with Crippen LogP contribution in [0.5, 0.6) is 0 Å². The maximum Gasteiger partial charge on any atom is 0.0222 e. The van der Waals surface area contributed by atoms with Crippen LogP contribution in [-0.2, 0) is 0 Å². The molecule has 1 aliphatic carbocycles. The molecule has 0 bridgehead atoms. The van der Waals surface area contributed by atoms with Crippen LogP contribution in [0.1, 0.15) is 32.1 Å². The molecule has 2 rings (SSSR count). The van der Waals surface area contributed by atoms with Gasteiger partial charge in [-0.3, -0.25) is 0 Å². The standard InChI is InChI=1S/C11H23N3/c1-14-7-3-4-9(8-14)13-11-6-2-5-10(11)12/h9-11,13H,2-8,12H2,1H3. The first-order valence-electron chi connectivity index (χ1n) is 5.96. The minimum Gasteiger partial charge on any atom is -0.326 e. The Hall–Kier alpha value is -0.120. The number of hydrogen-bond acceptors (Lipinski definition) is 3. The Bertz CT molecular complexity index is 183. The van der Waals surface area contributed by atoms with Gasteiger partial charge in [-0.2, -0.15) is 0 Å². The second-order valence-corrected chi connectivity index (χ2v) is 4.97. The van der Waals surface area contributed by atoms with Crippen LogP contribution in [0.4, 0.5) is 0 Å². The smallest absolute Gasteiger partial charge is 0.0222 e. The second-order valence-electron chi connectivity index (χ2n) is 4.97. The molecule has 2 fully saturated rings. The zero-order valence-corrected chi connectivity index (χ0v) is 9.21. The molecule has 3 unspecified atom stereocenters.